The third kappa shape index (κ3) is 3.50. The monoisotopic (exact) mass is 353 g/mol. The minimum Gasteiger partial charge on any atom is -0.306 e. The first-order valence-electron chi connectivity index (χ1n) is 6.89. The van der Waals surface area contributed by atoms with Crippen LogP contribution < -0.4 is 5.32 Å². The van der Waals surface area contributed by atoms with E-state index in [9.17, 15) is 8.78 Å². The fourth-order valence-electron chi connectivity index (χ4n) is 2.41. The van der Waals surface area contributed by atoms with Gasteiger partial charge in [-0.3, -0.25) is 0 Å². The third-order valence-electron chi connectivity index (χ3n) is 3.55. The molecule has 1 unspecified atom stereocenters. The van der Waals surface area contributed by atoms with E-state index < -0.39 is 11.6 Å². The number of hydrogen-bond donors (Lipinski definition) is 1. The molecule has 112 valence electrons. The predicted molar refractivity (Wildman–Crippen MR) is 85.5 cm³/mol. The zero-order valence-electron chi connectivity index (χ0n) is 12.3. The van der Waals surface area contributed by atoms with Gasteiger partial charge < -0.3 is 5.32 Å². The first kappa shape index (κ1) is 16.1. The minimum absolute atomic E-state index is 0.299. The van der Waals surface area contributed by atoms with Crippen LogP contribution in [0.3, 0.4) is 0 Å². The molecule has 0 radical (unpaired) electrons. The average Bonchev–Trinajstić information content (AvgIpc) is 2.43. The molecule has 2 aromatic rings. The lowest BCUT2D eigenvalue weighted by Crippen LogP contribution is -2.24. The summed E-state index contributed by atoms with van der Waals surface area (Å²) in [7, 11) is 0. The molecule has 1 N–H and O–H groups in total. The lowest BCUT2D eigenvalue weighted by atomic mass is 9.93. The highest BCUT2D eigenvalue weighted by molar-refractivity contribution is 9.10. The van der Waals surface area contributed by atoms with Crippen LogP contribution in [0.2, 0.25) is 0 Å². The largest absolute Gasteiger partial charge is 0.306 e. The molecule has 0 heterocycles. The molecule has 0 aliphatic carbocycles. The second-order valence-electron chi connectivity index (χ2n) is 5.11. The molecule has 0 spiro atoms. The van der Waals surface area contributed by atoms with Crippen LogP contribution in [0.5, 0.6) is 0 Å². The Morgan fingerprint density at radius 1 is 1.00 bits per heavy atom. The van der Waals surface area contributed by atoms with Gasteiger partial charge in [-0.25, -0.2) is 8.78 Å². The van der Waals surface area contributed by atoms with Crippen molar-refractivity contribution in [3.63, 3.8) is 0 Å². The van der Waals surface area contributed by atoms with E-state index >= 15 is 0 Å². The highest BCUT2D eigenvalue weighted by Crippen LogP contribution is 2.30. The van der Waals surface area contributed by atoms with Gasteiger partial charge in [-0.05, 0) is 55.3 Å². The highest BCUT2D eigenvalue weighted by Gasteiger charge is 2.20. The van der Waals surface area contributed by atoms with Gasteiger partial charge in [-0.2, -0.15) is 0 Å². The Hall–Kier alpha value is -1.26. The maximum Gasteiger partial charge on any atom is 0.131 e. The Labute approximate surface area is 132 Å². The second-order valence-corrected chi connectivity index (χ2v) is 6.03. The van der Waals surface area contributed by atoms with E-state index in [0.717, 1.165) is 21.7 Å². The number of nitrogens with one attached hydrogen (secondary N) is 1. The number of benzene rings is 2. The fourth-order valence-corrected chi connectivity index (χ4v) is 2.79. The summed E-state index contributed by atoms with van der Waals surface area (Å²) in [6, 6.07) is 8.15. The molecule has 0 aliphatic rings. The van der Waals surface area contributed by atoms with E-state index in [1.807, 2.05) is 32.0 Å². The summed E-state index contributed by atoms with van der Waals surface area (Å²) in [6.45, 7) is 6.29. The first-order chi connectivity index (χ1) is 9.93. The molecule has 0 fully saturated rings. The van der Waals surface area contributed by atoms with Crippen LogP contribution in [-0.2, 0) is 0 Å². The van der Waals surface area contributed by atoms with Crippen LogP contribution in [0.25, 0.3) is 0 Å². The van der Waals surface area contributed by atoms with Crippen molar-refractivity contribution in [1.82, 2.24) is 5.32 Å². The van der Waals surface area contributed by atoms with Crippen LogP contribution in [0.4, 0.5) is 8.78 Å². The van der Waals surface area contributed by atoms with Gasteiger partial charge in [0.25, 0.3) is 0 Å². The van der Waals surface area contributed by atoms with Crippen molar-refractivity contribution in [2.24, 2.45) is 0 Å². The van der Waals surface area contributed by atoms with Gasteiger partial charge in [0.15, 0.2) is 0 Å². The topological polar surface area (TPSA) is 12.0 Å². The molecule has 1 nitrogen and oxygen atoms in total. The van der Waals surface area contributed by atoms with Crippen molar-refractivity contribution in [3.05, 3.63) is 68.7 Å². The van der Waals surface area contributed by atoms with Crippen molar-refractivity contribution in [2.75, 3.05) is 6.54 Å². The van der Waals surface area contributed by atoms with Crippen LogP contribution in [-0.4, -0.2) is 6.54 Å². The predicted octanol–water partition coefficient (Wildman–Crippen LogP) is 5.04. The summed E-state index contributed by atoms with van der Waals surface area (Å²) in [5.74, 6) is -1.04. The van der Waals surface area contributed by atoms with Crippen molar-refractivity contribution >= 4 is 15.9 Å². The molecule has 0 bridgehead atoms. The summed E-state index contributed by atoms with van der Waals surface area (Å²) in [4.78, 5) is 0. The summed E-state index contributed by atoms with van der Waals surface area (Å²) >= 11 is 3.45. The Morgan fingerprint density at radius 2 is 1.71 bits per heavy atom. The molecule has 4 heteroatoms. The van der Waals surface area contributed by atoms with Gasteiger partial charge >= 0.3 is 0 Å². The molecular formula is C17H18BrF2N. The molecular weight excluding hydrogens is 336 g/mol. The maximum absolute atomic E-state index is 14.2. The smallest absolute Gasteiger partial charge is 0.131 e. The molecule has 0 aromatic heterocycles. The Morgan fingerprint density at radius 3 is 2.38 bits per heavy atom. The Bertz CT molecular complexity index is 655. The SMILES string of the molecule is CCNC(c1cc(Br)ccc1C)c1cc(C)c(F)cc1F. The van der Waals surface area contributed by atoms with Gasteiger partial charge in [0.1, 0.15) is 11.6 Å². The van der Waals surface area contributed by atoms with E-state index in [-0.39, 0.29) is 6.04 Å². The molecule has 2 rings (SSSR count). The molecule has 0 saturated carbocycles. The van der Waals surface area contributed by atoms with E-state index in [4.69, 9.17) is 0 Å². The molecule has 2 aromatic carbocycles. The molecule has 0 amide bonds. The van der Waals surface area contributed by atoms with E-state index in [0.29, 0.717) is 17.7 Å². The second kappa shape index (κ2) is 6.67. The quantitative estimate of drug-likeness (QED) is 0.811. The summed E-state index contributed by atoms with van der Waals surface area (Å²) in [6.07, 6.45) is 0. The average molecular weight is 354 g/mol. The standard InChI is InChI=1S/C17H18BrF2N/c1-4-21-17(13-8-12(18)6-5-10(13)2)14-7-11(3)15(19)9-16(14)20/h5-9,17,21H,4H2,1-3H3. The number of halogens is 3. The molecule has 0 aliphatic heterocycles. The third-order valence-corrected chi connectivity index (χ3v) is 4.04. The summed E-state index contributed by atoms with van der Waals surface area (Å²) in [5, 5.41) is 3.29. The molecule has 21 heavy (non-hydrogen) atoms. The van der Waals surface area contributed by atoms with Crippen molar-refractivity contribution < 1.29 is 8.78 Å². The zero-order chi connectivity index (χ0) is 15.6. The first-order valence-corrected chi connectivity index (χ1v) is 7.68. The number of hydrogen-bond acceptors (Lipinski definition) is 1. The minimum atomic E-state index is -0.525. The van der Waals surface area contributed by atoms with Gasteiger partial charge in [-0.1, -0.05) is 28.9 Å². The van der Waals surface area contributed by atoms with Crippen molar-refractivity contribution in [3.8, 4) is 0 Å². The van der Waals surface area contributed by atoms with Crippen LogP contribution in [0.1, 0.15) is 35.2 Å². The number of rotatable bonds is 4. The molecule has 1 atom stereocenters. The normalized spacial score (nSPS) is 12.5. The van der Waals surface area contributed by atoms with E-state index in [1.165, 1.54) is 0 Å². The Balaban J connectivity index is 2.58. The number of aryl methyl sites for hydroxylation is 2. The van der Waals surface area contributed by atoms with Gasteiger partial charge in [0, 0.05) is 16.1 Å². The van der Waals surface area contributed by atoms with Crippen LogP contribution >= 0.6 is 15.9 Å². The van der Waals surface area contributed by atoms with Crippen LogP contribution in [0, 0.1) is 25.5 Å². The maximum atomic E-state index is 14.2. The van der Waals surface area contributed by atoms with Crippen molar-refractivity contribution in [1.29, 1.82) is 0 Å². The lowest BCUT2D eigenvalue weighted by molar-refractivity contribution is 0.537. The lowest BCUT2D eigenvalue weighted by Gasteiger charge is -2.22. The summed E-state index contributed by atoms with van der Waals surface area (Å²) < 4.78 is 28.7. The fraction of sp³-hybridized carbons (Fsp3) is 0.294. The van der Waals surface area contributed by atoms with E-state index in [1.54, 1.807) is 13.0 Å². The zero-order valence-corrected chi connectivity index (χ0v) is 13.9. The van der Waals surface area contributed by atoms with Gasteiger partial charge in [0.05, 0.1) is 6.04 Å². The summed E-state index contributed by atoms with van der Waals surface area (Å²) in [5.41, 5.74) is 2.96. The highest BCUT2D eigenvalue weighted by atomic mass is 79.9. The van der Waals surface area contributed by atoms with Crippen LogP contribution in [0.15, 0.2) is 34.8 Å². The Kier molecular flexibility index (Phi) is 5.12. The van der Waals surface area contributed by atoms with Gasteiger partial charge in [-0.15, -0.1) is 0 Å². The van der Waals surface area contributed by atoms with Gasteiger partial charge in [0.2, 0.25) is 0 Å². The van der Waals surface area contributed by atoms with Crippen molar-refractivity contribution in [2.45, 2.75) is 26.8 Å². The van der Waals surface area contributed by atoms with E-state index in [2.05, 4.69) is 21.2 Å². The molecule has 0 saturated heterocycles.